The summed E-state index contributed by atoms with van der Waals surface area (Å²) in [6.45, 7) is 3.53. The van der Waals surface area contributed by atoms with E-state index in [1.54, 1.807) is 24.3 Å². The minimum atomic E-state index is -0.570. The first-order valence-electron chi connectivity index (χ1n) is 9.14. The Balaban J connectivity index is 1.64. The summed E-state index contributed by atoms with van der Waals surface area (Å²) < 4.78 is 16.1. The molecular formula is C22H24O5. The molecule has 0 aliphatic heterocycles. The molecule has 0 N–H and O–H groups in total. The fraction of sp³-hybridized carbons (Fsp3) is 0.364. The summed E-state index contributed by atoms with van der Waals surface area (Å²) in [5.41, 5.74) is 3.42. The van der Waals surface area contributed by atoms with Crippen molar-refractivity contribution in [1.29, 1.82) is 0 Å². The first-order valence-corrected chi connectivity index (χ1v) is 9.14. The van der Waals surface area contributed by atoms with Gasteiger partial charge in [0.2, 0.25) is 0 Å². The zero-order valence-electron chi connectivity index (χ0n) is 15.9. The van der Waals surface area contributed by atoms with Gasteiger partial charge in [0.25, 0.3) is 0 Å². The summed E-state index contributed by atoms with van der Waals surface area (Å²) in [5.74, 6) is 0.227. The summed E-state index contributed by atoms with van der Waals surface area (Å²) in [7, 11) is 1.51. The third-order valence-electron chi connectivity index (χ3n) is 4.52. The van der Waals surface area contributed by atoms with Crippen molar-refractivity contribution >= 4 is 11.8 Å². The molecule has 2 aromatic carbocycles. The van der Waals surface area contributed by atoms with E-state index in [4.69, 9.17) is 14.2 Å². The quantitative estimate of drug-likeness (QED) is 0.546. The molecule has 5 nitrogen and oxygen atoms in total. The van der Waals surface area contributed by atoms with Crippen molar-refractivity contribution in [3.8, 4) is 11.5 Å². The minimum Gasteiger partial charge on any atom is -0.493 e. The highest BCUT2D eigenvalue weighted by Gasteiger charge is 2.17. The lowest BCUT2D eigenvalue weighted by atomic mass is 10.0. The van der Waals surface area contributed by atoms with Crippen LogP contribution in [0.25, 0.3) is 0 Å². The summed E-state index contributed by atoms with van der Waals surface area (Å²) in [4.78, 5) is 24.7. The molecule has 2 aromatic rings. The zero-order chi connectivity index (χ0) is 19.4. The molecule has 0 unspecified atom stereocenters. The highest BCUT2D eigenvalue weighted by molar-refractivity contribution is 5.99. The van der Waals surface area contributed by atoms with Crippen LogP contribution < -0.4 is 9.47 Å². The van der Waals surface area contributed by atoms with E-state index in [0.717, 1.165) is 19.3 Å². The second kappa shape index (κ2) is 8.25. The van der Waals surface area contributed by atoms with E-state index in [1.165, 1.54) is 18.2 Å². The van der Waals surface area contributed by atoms with Gasteiger partial charge in [-0.1, -0.05) is 12.1 Å². The molecule has 142 valence electrons. The molecule has 0 fully saturated rings. The number of hydrogen-bond donors (Lipinski definition) is 0. The molecule has 5 heteroatoms. The molecule has 0 saturated heterocycles. The van der Waals surface area contributed by atoms with Crippen LogP contribution in [0.5, 0.6) is 11.5 Å². The second-order valence-electron chi connectivity index (χ2n) is 6.87. The maximum absolute atomic E-state index is 12.4. The third kappa shape index (κ3) is 4.48. The number of rotatable bonds is 7. The summed E-state index contributed by atoms with van der Waals surface area (Å²) >= 11 is 0. The predicted molar refractivity (Wildman–Crippen MR) is 102 cm³/mol. The largest absolute Gasteiger partial charge is 0.493 e. The molecule has 0 bridgehead atoms. The Kier molecular flexibility index (Phi) is 5.79. The van der Waals surface area contributed by atoms with Gasteiger partial charge in [-0.15, -0.1) is 0 Å². The first kappa shape index (κ1) is 19.0. The normalized spacial score (nSPS) is 12.6. The summed E-state index contributed by atoms with van der Waals surface area (Å²) in [5, 5.41) is 0. The van der Waals surface area contributed by atoms with Gasteiger partial charge in [-0.05, 0) is 68.5 Å². The molecule has 0 aromatic heterocycles. The van der Waals surface area contributed by atoms with Gasteiger partial charge in [-0.25, -0.2) is 4.79 Å². The number of carbonyl (C=O) groups excluding carboxylic acids is 2. The molecule has 0 amide bonds. The fourth-order valence-corrected chi connectivity index (χ4v) is 3.19. The standard InChI is InChI=1S/C22H24O5/c1-14(2)27-20-10-9-18(12-21(20)25-3)22(24)26-13-19(23)17-8-7-15-5-4-6-16(15)11-17/h7-12,14H,4-6,13H2,1-3H3. The number of ketones is 1. The van der Waals surface area contributed by atoms with E-state index in [9.17, 15) is 9.59 Å². The topological polar surface area (TPSA) is 61.8 Å². The Hall–Kier alpha value is -2.82. The molecule has 1 aliphatic rings. The van der Waals surface area contributed by atoms with Crippen LogP contribution in [0.2, 0.25) is 0 Å². The van der Waals surface area contributed by atoms with Crippen molar-refractivity contribution in [2.24, 2.45) is 0 Å². The zero-order valence-corrected chi connectivity index (χ0v) is 15.9. The van der Waals surface area contributed by atoms with Crippen molar-refractivity contribution in [2.45, 2.75) is 39.2 Å². The van der Waals surface area contributed by atoms with E-state index in [1.807, 2.05) is 26.0 Å². The Bertz CT molecular complexity index is 854. The van der Waals surface area contributed by atoms with Crippen LogP contribution in [0.1, 0.15) is 52.1 Å². The molecular weight excluding hydrogens is 344 g/mol. The number of Topliss-reactive ketones (excluding diaryl/α,β-unsaturated/α-hetero) is 1. The number of methoxy groups -OCH3 is 1. The Morgan fingerprint density at radius 1 is 0.963 bits per heavy atom. The number of ether oxygens (including phenoxy) is 3. The van der Waals surface area contributed by atoms with E-state index in [2.05, 4.69) is 0 Å². The van der Waals surface area contributed by atoms with Crippen LogP contribution in [0.15, 0.2) is 36.4 Å². The molecule has 0 saturated carbocycles. The second-order valence-corrected chi connectivity index (χ2v) is 6.87. The average molecular weight is 368 g/mol. The van der Waals surface area contributed by atoms with Gasteiger partial charge >= 0.3 is 5.97 Å². The first-order chi connectivity index (χ1) is 13.0. The third-order valence-corrected chi connectivity index (χ3v) is 4.52. The average Bonchev–Trinajstić information content (AvgIpc) is 3.13. The van der Waals surface area contributed by atoms with Gasteiger partial charge < -0.3 is 14.2 Å². The number of esters is 1. The van der Waals surface area contributed by atoms with Crippen LogP contribution in [0, 0.1) is 0 Å². The number of fused-ring (bicyclic) bond motifs is 1. The van der Waals surface area contributed by atoms with Gasteiger partial charge in [0.15, 0.2) is 23.9 Å². The maximum Gasteiger partial charge on any atom is 0.338 e. The van der Waals surface area contributed by atoms with E-state index in [-0.39, 0.29) is 18.5 Å². The lowest BCUT2D eigenvalue weighted by molar-refractivity contribution is 0.0474. The lowest BCUT2D eigenvalue weighted by Crippen LogP contribution is -2.15. The minimum absolute atomic E-state index is 0.0124. The SMILES string of the molecule is COc1cc(C(=O)OCC(=O)c2ccc3c(c2)CCC3)ccc1OC(C)C. The van der Waals surface area contributed by atoms with Crippen LogP contribution in [-0.2, 0) is 17.6 Å². The maximum atomic E-state index is 12.4. The Morgan fingerprint density at radius 3 is 2.44 bits per heavy atom. The molecule has 27 heavy (non-hydrogen) atoms. The number of aryl methyl sites for hydroxylation is 2. The fourth-order valence-electron chi connectivity index (χ4n) is 3.19. The molecule has 1 aliphatic carbocycles. The van der Waals surface area contributed by atoms with E-state index in [0.29, 0.717) is 22.6 Å². The summed E-state index contributed by atoms with van der Waals surface area (Å²) in [6.07, 6.45) is 3.18. The van der Waals surface area contributed by atoms with Crippen molar-refractivity contribution in [3.05, 3.63) is 58.7 Å². The number of hydrogen-bond acceptors (Lipinski definition) is 5. The highest BCUT2D eigenvalue weighted by Crippen LogP contribution is 2.29. The van der Waals surface area contributed by atoms with Crippen molar-refractivity contribution < 1.29 is 23.8 Å². The summed E-state index contributed by atoms with van der Waals surface area (Å²) in [6, 6.07) is 10.5. The molecule has 0 heterocycles. The van der Waals surface area contributed by atoms with Crippen LogP contribution in [0.3, 0.4) is 0 Å². The van der Waals surface area contributed by atoms with E-state index < -0.39 is 5.97 Å². The molecule has 0 atom stereocenters. The van der Waals surface area contributed by atoms with Gasteiger partial charge in [0.1, 0.15) is 0 Å². The van der Waals surface area contributed by atoms with Gasteiger partial charge in [-0.3, -0.25) is 4.79 Å². The Labute approximate surface area is 159 Å². The highest BCUT2D eigenvalue weighted by atomic mass is 16.5. The van der Waals surface area contributed by atoms with Gasteiger partial charge in [-0.2, -0.15) is 0 Å². The number of carbonyl (C=O) groups is 2. The van der Waals surface area contributed by atoms with Crippen molar-refractivity contribution in [3.63, 3.8) is 0 Å². The van der Waals surface area contributed by atoms with Gasteiger partial charge in [0.05, 0.1) is 18.8 Å². The number of benzene rings is 2. The van der Waals surface area contributed by atoms with Gasteiger partial charge in [0, 0.05) is 5.56 Å². The monoisotopic (exact) mass is 368 g/mol. The van der Waals surface area contributed by atoms with Crippen molar-refractivity contribution in [2.75, 3.05) is 13.7 Å². The smallest absolute Gasteiger partial charge is 0.338 e. The predicted octanol–water partition coefficient (Wildman–Crippen LogP) is 4.01. The van der Waals surface area contributed by atoms with Crippen LogP contribution >= 0.6 is 0 Å². The van der Waals surface area contributed by atoms with Crippen LogP contribution in [0.4, 0.5) is 0 Å². The molecule has 0 spiro atoms. The van der Waals surface area contributed by atoms with Crippen molar-refractivity contribution in [1.82, 2.24) is 0 Å². The molecule has 3 rings (SSSR count). The van der Waals surface area contributed by atoms with E-state index >= 15 is 0 Å². The lowest BCUT2D eigenvalue weighted by Gasteiger charge is -2.14. The molecule has 0 radical (unpaired) electrons. The van der Waals surface area contributed by atoms with Crippen LogP contribution in [-0.4, -0.2) is 31.6 Å². The Morgan fingerprint density at radius 2 is 1.70 bits per heavy atom.